The summed E-state index contributed by atoms with van der Waals surface area (Å²) in [5.74, 6) is 0.891. The van der Waals surface area contributed by atoms with Gasteiger partial charge in [-0.05, 0) is 68.5 Å². The second-order valence-electron chi connectivity index (χ2n) is 6.92. The molecule has 0 radical (unpaired) electrons. The lowest BCUT2D eigenvalue weighted by Crippen LogP contribution is -2.29. The maximum absolute atomic E-state index is 11.7. The van der Waals surface area contributed by atoms with Gasteiger partial charge in [0.2, 0.25) is 5.91 Å². The number of piperidine rings is 1. The summed E-state index contributed by atoms with van der Waals surface area (Å²) in [5, 5.41) is 6.21. The smallest absolute Gasteiger partial charge is 0.228 e. The predicted octanol–water partition coefficient (Wildman–Crippen LogP) is 4.16. The van der Waals surface area contributed by atoms with Crippen LogP contribution in [0.2, 0.25) is 0 Å². The van der Waals surface area contributed by atoms with Crippen molar-refractivity contribution < 1.29 is 4.79 Å². The summed E-state index contributed by atoms with van der Waals surface area (Å²) in [6.45, 7) is 2.31. The second-order valence-corrected chi connectivity index (χ2v) is 6.92. The minimum absolute atomic E-state index is 0.0847. The molecule has 1 aliphatic carbocycles. The zero-order valence-electron chi connectivity index (χ0n) is 14.4. The van der Waals surface area contributed by atoms with Crippen molar-refractivity contribution >= 4 is 28.8 Å². The predicted molar refractivity (Wildman–Crippen MR) is 101 cm³/mol. The molecule has 25 heavy (non-hydrogen) atoms. The van der Waals surface area contributed by atoms with Gasteiger partial charge in [-0.3, -0.25) is 4.79 Å². The van der Waals surface area contributed by atoms with Crippen molar-refractivity contribution in [1.29, 1.82) is 0 Å². The Balaban J connectivity index is 1.35. The van der Waals surface area contributed by atoms with E-state index < -0.39 is 0 Å². The summed E-state index contributed by atoms with van der Waals surface area (Å²) in [7, 11) is 0. The molecule has 5 nitrogen and oxygen atoms in total. The van der Waals surface area contributed by atoms with Crippen LogP contribution in [0.5, 0.6) is 0 Å². The number of anilines is 4. The molecule has 2 heterocycles. The van der Waals surface area contributed by atoms with Gasteiger partial charge < -0.3 is 15.5 Å². The third kappa shape index (κ3) is 4.10. The molecule has 2 N–H and O–H groups in total. The van der Waals surface area contributed by atoms with Gasteiger partial charge in [0.15, 0.2) is 0 Å². The standard InChI is InChI=1S/C20H24N4O/c25-20(15-4-5-15)23-19-11-8-17(14-21-19)22-16-6-9-18(10-7-16)24-12-2-1-3-13-24/h6-11,14-15,22H,1-5,12-13H2,(H,21,23,25). The molecule has 1 amide bonds. The third-order valence-electron chi connectivity index (χ3n) is 4.84. The Bertz CT molecular complexity index is 716. The first-order valence-corrected chi connectivity index (χ1v) is 9.17. The van der Waals surface area contributed by atoms with Crippen molar-refractivity contribution in [3.05, 3.63) is 42.6 Å². The van der Waals surface area contributed by atoms with Crippen LogP contribution in [0.25, 0.3) is 0 Å². The van der Waals surface area contributed by atoms with Crippen molar-refractivity contribution in [3.63, 3.8) is 0 Å². The maximum atomic E-state index is 11.7. The van der Waals surface area contributed by atoms with Crippen LogP contribution in [0.4, 0.5) is 22.9 Å². The second kappa shape index (κ2) is 7.13. The van der Waals surface area contributed by atoms with Crippen molar-refractivity contribution in [1.82, 2.24) is 4.98 Å². The fraction of sp³-hybridized carbons (Fsp3) is 0.400. The van der Waals surface area contributed by atoms with E-state index in [4.69, 9.17) is 0 Å². The summed E-state index contributed by atoms with van der Waals surface area (Å²) in [4.78, 5) is 18.5. The molecular weight excluding hydrogens is 312 g/mol. The van der Waals surface area contributed by atoms with E-state index in [1.807, 2.05) is 12.1 Å². The van der Waals surface area contributed by atoms with E-state index >= 15 is 0 Å². The monoisotopic (exact) mass is 336 g/mol. The number of nitrogens with one attached hydrogen (secondary N) is 2. The van der Waals surface area contributed by atoms with Gasteiger partial charge in [0.25, 0.3) is 0 Å². The van der Waals surface area contributed by atoms with Gasteiger partial charge in [-0.15, -0.1) is 0 Å². The van der Waals surface area contributed by atoms with Crippen LogP contribution >= 0.6 is 0 Å². The highest BCUT2D eigenvalue weighted by atomic mass is 16.2. The Morgan fingerprint density at radius 3 is 2.32 bits per heavy atom. The molecule has 130 valence electrons. The summed E-state index contributed by atoms with van der Waals surface area (Å²) < 4.78 is 0. The number of pyridine rings is 1. The van der Waals surface area contributed by atoms with Crippen LogP contribution in [0.15, 0.2) is 42.6 Å². The number of hydrogen-bond donors (Lipinski definition) is 2. The number of amides is 1. The van der Waals surface area contributed by atoms with Crippen molar-refractivity contribution in [2.45, 2.75) is 32.1 Å². The highest BCUT2D eigenvalue weighted by Gasteiger charge is 2.29. The molecular formula is C20H24N4O. The van der Waals surface area contributed by atoms with E-state index in [0.29, 0.717) is 5.82 Å². The van der Waals surface area contributed by atoms with Gasteiger partial charge in [-0.1, -0.05) is 0 Å². The maximum Gasteiger partial charge on any atom is 0.228 e. The minimum Gasteiger partial charge on any atom is -0.372 e. The lowest BCUT2D eigenvalue weighted by molar-refractivity contribution is -0.117. The minimum atomic E-state index is 0.0847. The van der Waals surface area contributed by atoms with Crippen LogP contribution in [0, 0.1) is 5.92 Å². The molecule has 2 aromatic rings. The van der Waals surface area contributed by atoms with E-state index in [1.54, 1.807) is 6.20 Å². The fourth-order valence-corrected chi connectivity index (χ4v) is 3.19. The molecule has 0 unspecified atom stereocenters. The highest BCUT2D eigenvalue weighted by Crippen LogP contribution is 2.30. The molecule has 1 aromatic carbocycles. The Kier molecular flexibility index (Phi) is 4.55. The Morgan fingerprint density at radius 1 is 0.960 bits per heavy atom. The SMILES string of the molecule is O=C(Nc1ccc(Nc2ccc(N3CCCCC3)cc2)cn1)C1CC1. The van der Waals surface area contributed by atoms with E-state index in [9.17, 15) is 4.79 Å². The molecule has 5 heteroatoms. The molecule has 1 aromatic heterocycles. The lowest BCUT2D eigenvalue weighted by Gasteiger charge is -2.28. The Hall–Kier alpha value is -2.56. The molecule has 0 spiro atoms. The van der Waals surface area contributed by atoms with Gasteiger partial charge in [0.1, 0.15) is 5.82 Å². The third-order valence-corrected chi connectivity index (χ3v) is 4.84. The van der Waals surface area contributed by atoms with Gasteiger partial charge in [-0.2, -0.15) is 0 Å². The average molecular weight is 336 g/mol. The molecule has 2 fully saturated rings. The van der Waals surface area contributed by atoms with Crippen LogP contribution in [0.1, 0.15) is 32.1 Å². The van der Waals surface area contributed by atoms with Crippen LogP contribution in [-0.2, 0) is 4.79 Å². The van der Waals surface area contributed by atoms with Crippen molar-refractivity contribution in [2.24, 2.45) is 5.92 Å². The van der Waals surface area contributed by atoms with Crippen molar-refractivity contribution in [3.8, 4) is 0 Å². The van der Waals surface area contributed by atoms with Crippen LogP contribution in [-0.4, -0.2) is 24.0 Å². The molecule has 0 bridgehead atoms. The van der Waals surface area contributed by atoms with E-state index in [-0.39, 0.29) is 11.8 Å². The number of aromatic nitrogens is 1. The topological polar surface area (TPSA) is 57.3 Å². The van der Waals surface area contributed by atoms with Gasteiger partial charge in [0.05, 0.1) is 11.9 Å². The Labute approximate surface area is 148 Å². The molecule has 1 aliphatic heterocycles. The summed E-state index contributed by atoms with van der Waals surface area (Å²) in [6, 6.07) is 12.3. The van der Waals surface area contributed by atoms with E-state index in [2.05, 4.69) is 44.8 Å². The molecule has 1 saturated heterocycles. The summed E-state index contributed by atoms with van der Waals surface area (Å²) in [5.41, 5.74) is 3.24. The zero-order chi connectivity index (χ0) is 17.1. The van der Waals surface area contributed by atoms with E-state index in [0.717, 1.165) is 37.3 Å². The number of carbonyl (C=O) groups excluding carboxylic acids is 1. The average Bonchev–Trinajstić information content (AvgIpc) is 3.50. The number of hydrogen-bond acceptors (Lipinski definition) is 4. The molecule has 0 atom stereocenters. The van der Waals surface area contributed by atoms with Crippen LogP contribution < -0.4 is 15.5 Å². The van der Waals surface area contributed by atoms with Crippen molar-refractivity contribution in [2.75, 3.05) is 28.6 Å². The fourth-order valence-electron chi connectivity index (χ4n) is 3.19. The lowest BCUT2D eigenvalue weighted by atomic mass is 10.1. The number of carbonyl (C=O) groups is 1. The van der Waals surface area contributed by atoms with Gasteiger partial charge in [-0.25, -0.2) is 4.98 Å². The molecule has 2 aliphatic rings. The quantitative estimate of drug-likeness (QED) is 0.860. The van der Waals surface area contributed by atoms with Gasteiger partial charge >= 0.3 is 0 Å². The summed E-state index contributed by atoms with van der Waals surface area (Å²) >= 11 is 0. The van der Waals surface area contributed by atoms with Crippen LogP contribution in [0.3, 0.4) is 0 Å². The number of benzene rings is 1. The zero-order valence-corrected chi connectivity index (χ0v) is 14.4. The highest BCUT2D eigenvalue weighted by molar-refractivity contribution is 5.93. The summed E-state index contributed by atoms with van der Waals surface area (Å²) in [6.07, 6.45) is 7.67. The normalized spacial score (nSPS) is 17.2. The first-order chi connectivity index (χ1) is 12.3. The molecule has 4 rings (SSSR count). The van der Waals surface area contributed by atoms with Gasteiger partial charge in [0, 0.05) is 30.4 Å². The van der Waals surface area contributed by atoms with E-state index in [1.165, 1.54) is 24.9 Å². The first-order valence-electron chi connectivity index (χ1n) is 9.17. The largest absolute Gasteiger partial charge is 0.372 e. The number of rotatable bonds is 5. The first kappa shape index (κ1) is 15.9. The Morgan fingerprint density at radius 2 is 1.68 bits per heavy atom. The molecule has 1 saturated carbocycles. The number of nitrogens with zero attached hydrogens (tertiary/aromatic N) is 2.